The highest BCUT2D eigenvalue weighted by Gasteiger charge is 2.49. The molecule has 2 fully saturated rings. The van der Waals surface area contributed by atoms with E-state index in [-0.39, 0.29) is 42.4 Å². The average Bonchev–Trinajstić information content (AvgIpc) is 3.67. The van der Waals surface area contributed by atoms with Gasteiger partial charge >= 0.3 is 7.60 Å². The number of nitrogens with one attached hydrogen (secondary N) is 1. The molecule has 19 heteroatoms. The highest BCUT2D eigenvalue weighted by molar-refractivity contribution is 7.53. The number of aliphatic hydroxyl groups excluding tert-OH is 2. The van der Waals surface area contributed by atoms with Crippen LogP contribution in [0, 0.1) is 0 Å². The SMILES string of the molecule is Nc1nc2c(ncn2[C@@H]2O[C@H](CO)C[C@H]2P(=O)(O)OC[C@@H]2C[C@@H](O)[C@H](n3cnc4c(N)ncnc43)O2)c(=O)[nH]1. The maximum absolute atomic E-state index is 13.5. The molecule has 2 saturated heterocycles. The normalized spacial score (nSPS) is 28.9. The van der Waals surface area contributed by atoms with E-state index in [1.54, 1.807) is 0 Å². The van der Waals surface area contributed by atoms with Gasteiger partial charge in [-0.05, 0) is 6.42 Å². The summed E-state index contributed by atoms with van der Waals surface area (Å²) in [6.07, 6.45) is -0.520. The van der Waals surface area contributed by atoms with Crippen molar-refractivity contribution in [1.29, 1.82) is 0 Å². The molecule has 0 spiro atoms. The first-order chi connectivity index (χ1) is 18.7. The Morgan fingerprint density at radius 2 is 1.77 bits per heavy atom. The predicted octanol–water partition coefficient (Wildman–Crippen LogP) is -1.38. The molecule has 2 aliphatic heterocycles. The van der Waals surface area contributed by atoms with E-state index in [2.05, 4.69) is 29.9 Å². The lowest BCUT2D eigenvalue weighted by molar-refractivity contribution is -0.0475. The number of aliphatic hydroxyl groups is 2. The van der Waals surface area contributed by atoms with Gasteiger partial charge in [0, 0.05) is 6.42 Å². The Balaban J connectivity index is 1.20. The number of nitrogens with zero attached hydrogens (tertiary/aromatic N) is 7. The van der Waals surface area contributed by atoms with Gasteiger partial charge in [0.15, 0.2) is 35.1 Å². The summed E-state index contributed by atoms with van der Waals surface area (Å²) in [5.41, 5.74) is 10.5. The third-order valence-corrected chi connectivity index (χ3v) is 8.61. The average molecular weight is 564 g/mol. The smallest absolute Gasteiger partial charge is 0.335 e. The first-order valence-electron chi connectivity index (χ1n) is 11.9. The van der Waals surface area contributed by atoms with Crippen molar-refractivity contribution in [3.63, 3.8) is 0 Å². The zero-order chi connectivity index (χ0) is 27.5. The second-order valence-corrected chi connectivity index (χ2v) is 11.4. The second kappa shape index (κ2) is 9.60. The number of hydrogen-bond donors (Lipinski definition) is 6. The molecule has 2 aliphatic rings. The number of aromatic nitrogens is 8. The third-order valence-electron chi connectivity index (χ3n) is 6.79. The van der Waals surface area contributed by atoms with Crippen LogP contribution in [0.4, 0.5) is 11.8 Å². The summed E-state index contributed by atoms with van der Waals surface area (Å²) >= 11 is 0. The van der Waals surface area contributed by atoms with Gasteiger partial charge < -0.3 is 40.6 Å². The van der Waals surface area contributed by atoms with Gasteiger partial charge in [-0.1, -0.05) is 0 Å². The van der Waals surface area contributed by atoms with Crippen molar-refractivity contribution in [2.24, 2.45) is 0 Å². The van der Waals surface area contributed by atoms with Crippen molar-refractivity contribution >= 4 is 41.7 Å². The van der Waals surface area contributed by atoms with Crippen molar-refractivity contribution in [1.82, 2.24) is 39.0 Å². The highest BCUT2D eigenvalue weighted by Crippen LogP contribution is 2.57. The quantitative estimate of drug-likeness (QED) is 0.141. The van der Waals surface area contributed by atoms with Gasteiger partial charge in [-0.2, -0.15) is 4.98 Å². The summed E-state index contributed by atoms with van der Waals surface area (Å²) < 4.78 is 33.5. The monoisotopic (exact) mass is 564 g/mol. The molecule has 8 N–H and O–H groups in total. The molecule has 0 bridgehead atoms. The van der Waals surface area contributed by atoms with Gasteiger partial charge in [-0.15, -0.1) is 0 Å². The van der Waals surface area contributed by atoms with E-state index in [9.17, 15) is 24.5 Å². The molecule has 6 rings (SSSR count). The van der Waals surface area contributed by atoms with Crippen LogP contribution in [0.2, 0.25) is 0 Å². The lowest BCUT2D eigenvalue weighted by Gasteiger charge is -2.25. The van der Waals surface area contributed by atoms with Gasteiger partial charge in [-0.25, -0.2) is 19.9 Å². The van der Waals surface area contributed by atoms with Crippen LogP contribution >= 0.6 is 7.60 Å². The summed E-state index contributed by atoms with van der Waals surface area (Å²) in [7, 11) is -4.43. The van der Waals surface area contributed by atoms with Gasteiger partial charge in [0.1, 0.15) is 23.6 Å². The molecular weight excluding hydrogens is 539 g/mol. The molecule has 18 nitrogen and oxygen atoms in total. The Hall–Kier alpha value is -3.51. The van der Waals surface area contributed by atoms with Crippen LogP contribution in [0.5, 0.6) is 0 Å². The number of nitrogen functional groups attached to an aromatic ring is 2. The zero-order valence-corrected chi connectivity index (χ0v) is 21.0. The third kappa shape index (κ3) is 4.45. The number of hydrogen-bond acceptors (Lipinski definition) is 14. The lowest BCUT2D eigenvalue weighted by atomic mass is 10.2. The first-order valence-corrected chi connectivity index (χ1v) is 13.5. The fourth-order valence-electron chi connectivity index (χ4n) is 4.95. The van der Waals surface area contributed by atoms with Crippen LogP contribution in [0.1, 0.15) is 25.3 Å². The second-order valence-electron chi connectivity index (χ2n) is 9.30. The molecule has 1 unspecified atom stereocenters. The molecule has 208 valence electrons. The van der Waals surface area contributed by atoms with Crippen molar-refractivity contribution in [3.8, 4) is 0 Å². The fraction of sp³-hybridized carbons (Fsp3) is 0.500. The molecule has 7 atom stereocenters. The van der Waals surface area contributed by atoms with E-state index >= 15 is 0 Å². The van der Waals surface area contributed by atoms with Crippen molar-refractivity contribution < 1.29 is 33.7 Å². The van der Waals surface area contributed by atoms with Crippen molar-refractivity contribution in [2.45, 2.75) is 49.3 Å². The Morgan fingerprint density at radius 3 is 2.54 bits per heavy atom. The van der Waals surface area contributed by atoms with Crippen molar-refractivity contribution in [2.75, 3.05) is 24.7 Å². The van der Waals surface area contributed by atoms with Crippen LogP contribution in [0.25, 0.3) is 22.3 Å². The van der Waals surface area contributed by atoms with E-state index in [0.29, 0.717) is 11.2 Å². The fourth-order valence-corrected chi connectivity index (χ4v) is 6.56. The number of fused-ring (bicyclic) bond motifs is 2. The van der Waals surface area contributed by atoms with Gasteiger partial charge in [0.2, 0.25) is 5.95 Å². The molecule has 0 aromatic carbocycles. The number of rotatable bonds is 7. The largest absolute Gasteiger partial charge is 0.394 e. The van der Waals surface area contributed by atoms with Crippen LogP contribution in [-0.4, -0.2) is 91.3 Å². The molecule has 0 saturated carbocycles. The van der Waals surface area contributed by atoms with E-state index in [0.717, 1.165) is 0 Å². The minimum absolute atomic E-state index is 0.0216. The molecule has 0 radical (unpaired) electrons. The van der Waals surface area contributed by atoms with E-state index in [1.807, 2.05) is 0 Å². The van der Waals surface area contributed by atoms with Crippen LogP contribution in [0.3, 0.4) is 0 Å². The summed E-state index contributed by atoms with van der Waals surface area (Å²) in [5.74, 6) is 0.00674. The molecule has 0 amide bonds. The Kier molecular flexibility index (Phi) is 6.34. The number of aromatic amines is 1. The van der Waals surface area contributed by atoms with Crippen LogP contribution in [0.15, 0.2) is 23.8 Å². The molecule has 0 aliphatic carbocycles. The predicted molar refractivity (Wildman–Crippen MR) is 132 cm³/mol. The van der Waals surface area contributed by atoms with E-state index in [1.165, 1.54) is 28.1 Å². The number of anilines is 2. The standard InChI is InChI=1S/C20H25N10O8P/c21-14-12-15(24-5-23-14)29(6-25-12)18-10(32)1-9(38-18)4-36-39(34,35)11-2-8(3-31)37-19(11)30-7-26-13-16(30)27-20(22)28-17(13)33/h5-11,18-19,31-32H,1-4H2,(H,34,35)(H2,21,23,24)(H3,22,27,28,33)/t8-,9-,10+,11+,18+,19+/m0/s1. The Morgan fingerprint density at radius 1 is 1.05 bits per heavy atom. The maximum Gasteiger partial charge on any atom is 0.335 e. The lowest BCUT2D eigenvalue weighted by Crippen LogP contribution is -2.24. The number of nitrogens with two attached hydrogens (primary N) is 2. The summed E-state index contributed by atoms with van der Waals surface area (Å²) in [4.78, 5) is 45.8. The molecular formula is C20H25N10O8P. The van der Waals surface area contributed by atoms with E-state index < -0.39 is 56.2 Å². The Bertz CT molecular complexity index is 1640. The first kappa shape index (κ1) is 25.8. The molecule has 4 aromatic heterocycles. The van der Waals surface area contributed by atoms with E-state index in [4.69, 9.17) is 25.5 Å². The molecule has 39 heavy (non-hydrogen) atoms. The molecule has 6 heterocycles. The van der Waals surface area contributed by atoms with Gasteiger partial charge in [-0.3, -0.25) is 23.5 Å². The maximum atomic E-state index is 13.5. The topological polar surface area (TPSA) is 265 Å². The summed E-state index contributed by atoms with van der Waals surface area (Å²) in [5, 5.41) is 20.3. The number of imidazole rings is 2. The van der Waals surface area contributed by atoms with Crippen molar-refractivity contribution in [3.05, 3.63) is 29.3 Å². The highest BCUT2D eigenvalue weighted by atomic mass is 31.2. The summed E-state index contributed by atoms with van der Waals surface area (Å²) in [6, 6.07) is 0. The minimum Gasteiger partial charge on any atom is -0.394 e. The number of ether oxygens (including phenoxy) is 2. The van der Waals surface area contributed by atoms with Gasteiger partial charge in [0.05, 0.1) is 38.1 Å². The minimum atomic E-state index is -4.43. The zero-order valence-electron chi connectivity index (χ0n) is 20.1. The molecule has 4 aromatic rings. The van der Waals surface area contributed by atoms with Crippen LogP contribution in [-0.2, 0) is 18.6 Å². The van der Waals surface area contributed by atoms with Crippen LogP contribution < -0.4 is 17.0 Å². The van der Waals surface area contributed by atoms with Gasteiger partial charge in [0.25, 0.3) is 5.56 Å². The summed E-state index contributed by atoms with van der Waals surface area (Å²) in [6.45, 7) is -0.740. The Labute approximate surface area is 218 Å². The number of H-pyrrole nitrogens is 1.